The summed E-state index contributed by atoms with van der Waals surface area (Å²) in [4.78, 5) is 18.9. The van der Waals surface area contributed by atoms with Gasteiger partial charge < -0.3 is 9.47 Å². The summed E-state index contributed by atoms with van der Waals surface area (Å²) in [5.74, 6) is 0.119. The lowest BCUT2D eigenvalue weighted by atomic mass is 9.73. The molecule has 0 aliphatic carbocycles. The second kappa shape index (κ2) is 7.58. The molecule has 2 atom stereocenters. The number of carbonyl (C=O) groups excluding carboxylic acids is 1. The quantitative estimate of drug-likeness (QED) is 0.375. The van der Waals surface area contributed by atoms with E-state index >= 15 is 0 Å². The zero-order valence-corrected chi connectivity index (χ0v) is 15.9. The number of nitrogens with one attached hydrogen (secondary N) is 1. The molecule has 1 N–H and O–H groups in total. The first kappa shape index (κ1) is 18.4. The minimum atomic E-state index is -0.679. The fraction of sp³-hybridized carbons (Fsp3) is 0.364. The molecular formula is C22H24N3O3+. The van der Waals surface area contributed by atoms with Crippen molar-refractivity contribution in [1.82, 2.24) is 4.90 Å². The second-order valence-electron chi connectivity index (χ2n) is 7.32. The van der Waals surface area contributed by atoms with Gasteiger partial charge in [0.15, 0.2) is 5.60 Å². The van der Waals surface area contributed by atoms with Gasteiger partial charge in [-0.2, -0.15) is 0 Å². The largest absolute Gasteiger partial charge is 0.497 e. The standard InChI is InChI=1S/C22H24N3O3/c1-27-18-12-10-16(11-13-18)20(24-23)21(26)28-22(17-7-3-2-4-8-17)15-25-14-6-5-9-19(22)25/h2-4,7-8,10-13,19,23H,5-6,9,14-15H2,1H3/q+1/t19-,22+/m0/s1. The van der Waals surface area contributed by atoms with Crippen LogP contribution in [0.4, 0.5) is 0 Å². The second-order valence-corrected chi connectivity index (χ2v) is 7.32. The van der Waals surface area contributed by atoms with Crippen molar-refractivity contribution in [2.24, 2.45) is 0 Å². The lowest BCUT2D eigenvalue weighted by Gasteiger charge is -2.58. The van der Waals surface area contributed by atoms with Crippen LogP contribution in [0.2, 0.25) is 0 Å². The van der Waals surface area contributed by atoms with Crippen LogP contribution in [-0.4, -0.2) is 47.6 Å². The lowest BCUT2D eigenvalue weighted by Crippen LogP contribution is -2.70. The predicted molar refractivity (Wildman–Crippen MR) is 104 cm³/mol. The van der Waals surface area contributed by atoms with Gasteiger partial charge in [-0.25, -0.2) is 4.79 Å². The number of carbonyl (C=O) groups is 1. The molecule has 2 aromatic rings. The summed E-state index contributed by atoms with van der Waals surface area (Å²) >= 11 is 0. The Hall–Kier alpha value is -2.95. The maximum atomic E-state index is 13.1. The van der Waals surface area contributed by atoms with E-state index in [0.717, 1.165) is 24.9 Å². The normalized spacial score (nSPS) is 23.7. The zero-order chi connectivity index (χ0) is 19.6. The molecule has 0 bridgehead atoms. The number of rotatable bonds is 5. The van der Waals surface area contributed by atoms with Crippen molar-refractivity contribution in [3.8, 4) is 5.75 Å². The SMILES string of the molecule is COc1ccc(C(=[N+]=N)C(=O)O[C@@]2(c3ccccc3)CN3CCCC[C@H]32)cc1. The summed E-state index contributed by atoms with van der Waals surface area (Å²) in [6.07, 6.45) is 3.31. The molecule has 0 saturated carbocycles. The molecule has 0 aromatic heterocycles. The van der Waals surface area contributed by atoms with Gasteiger partial charge in [-0.1, -0.05) is 36.8 Å². The highest BCUT2D eigenvalue weighted by Gasteiger charge is 2.58. The highest BCUT2D eigenvalue weighted by molar-refractivity contribution is 6.40. The number of ether oxygens (including phenoxy) is 2. The Kier molecular flexibility index (Phi) is 4.99. The van der Waals surface area contributed by atoms with E-state index in [4.69, 9.17) is 15.0 Å². The smallest absolute Gasteiger partial charge is 0.455 e. The highest BCUT2D eigenvalue weighted by Crippen LogP contribution is 2.46. The van der Waals surface area contributed by atoms with Crippen LogP contribution >= 0.6 is 0 Å². The molecule has 28 heavy (non-hydrogen) atoms. The van der Waals surface area contributed by atoms with Crippen molar-refractivity contribution in [3.63, 3.8) is 0 Å². The minimum Gasteiger partial charge on any atom is -0.497 e. The van der Waals surface area contributed by atoms with Gasteiger partial charge in [0.1, 0.15) is 5.75 Å². The van der Waals surface area contributed by atoms with Crippen LogP contribution < -0.4 is 4.74 Å². The van der Waals surface area contributed by atoms with E-state index < -0.39 is 11.6 Å². The number of esters is 1. The Labute approximate surface area is 164 Å². The Morgan fingerprint density at radius 3 is 2.54 bits per heavy atom. The minimum absolute atomic E-state index is 0.00668. The van der Waals surface area contributed by atoms with Crippen LogP contribution in [0.1, 0.15) is 30.4 Å². The monoisotopic (exact) mass is 378 g/mol. The molecule has 2 aromatic carbocycles. The van der Waals surface area contributed by atoms with E-state index in [0.29, 0.717) is 17.9 Å². The average Bonchev–Trinajstić information content (AvgIpc) is 2.73. The summed E-state index contributed by atoms with van der Waals surface area (Å²) in [6, 6.07) is 17.0. The van der Waals surface area contributed by atoms with Crippen molar-refractivity contribution < 1.29 is 19.1 Å². The molecule has 4 rings (SSSR count). The molecule has 2 fully saturated rings. The summed E-state index contributed by atoms with van der Waals surface area (Å²) in [6.45, 7) is 1.72. The molecule has 144 valence electrons. The van der Waals surface area contributed by atoms with Gasteiger partial charge in [0, 0.05) is 6.54 Å². The summed E-state index contributed by atoms with van der Waals surface area (Å²) in [5.41, 5.74) is 8.42. The van der Waals surface area contributed by atoms with Crippen molar-refractivity contribution in [2.75, 3.05) is 20.2 Å². The van der Waals surface area contributed by atoms with E-state index in [1.807, 2.05) is 30.3 Å². The first-order valence-electron chi connectivity index (χ1n) is 9.60. The molecular weight excluding hydrogens is 354 g/mol. The van der Waals surface area contributed by atoms with Gasteiger partial charge >= 0.3 is 11.7 Å². The number of benzene rings is 2. The third-order valence-corrected chi connectivity index (χ3v) is 5.80. The number of hydrogen-bond donors (Lipinski definition) is 1. The summed E-state index contributed by atoms with van der Waals surface area (Å²) < 4.78 is 11.3. The maximum absolute atomic E-state index is 13.1. The van der Waals surface area contributed by atoms with E-state index in [9.17, 15) is 4.79 Å². The van der Waals surface area contributed by atoms with Gasteiger partial charge in [-0.3, -0.25) is 4.90 Å². The Bertz CT molecular complexity index is 906. The Balaban J connectivity index is 1.63. The number of nitrogens with zero attached hydrogens (tertiary/aromatic N) is 2. The lowest BCUT2D eigenvalue weighted by molar-refractivity contribution is -0.210. The van der Waals surface area contributed by atoms with Crippen LogP contribution in [0.15, 0.2) is 54.6 Å². The van der Waals surface area contributed by atoms with Crippen LogP contribution in [0.3, 0.4) is 0 Å². The molecule has 2 aliphatic heterocycles. The molecule has 0 spiro atoms. The summed E-state index contributed by atoms with van der Waals surface area (Å²) in [7, 11) is 1.58. The fourth-order valence-electron chi connectivity index (χ4n) is 4.36. The van der Waals surface area contributed by atoms with Crippen LogP contribution in [0.5, 0.6) is 5.75 Å². The third kappa shape index (κ3) is 3.11. The molecule has 6 nitrogen and oxygen atoms in total. The van der Waals surface area contributed by atoms with Crippen LogP contribution in [0, 0.1) is 5.53 Å². The Morgan fingerprint density at radius 2 is 1.89 bits per heavy atom. The van der Waals surface area contributed by atoms with Gasteiger partial charge in [0.2, 0.25) is 0 Å². The van der Waals surface area contributed by atoms with Crippen molar-refractivity contribution in [1.29, 1.82) is 5.53 Å². The molecule has 2 saturated heterocycles. The molecule has 6 heteroatoms. The van der Waals surface area contributed by atoms with Gasteiger partial charge in [0.05, 0.1) is 29.0 Å². The average molecular weight is 378 g/mol. The van der Waals surface area contributed by atoms with Crippen molar-refractivity contribution >= 4 is 11.7 Å². The fourth-order valence-corrected chi connectivity index (χ4v) is 4.36. The zero-order valence-electron chi connectivity index (χ0n) is 15.9. The molecule has 0 radical (unpaired) electrons. The van der Waals surface area contributed by atoms with Gasteiger partial charge in [-0.05, 0) is 49.2 Å². The van der Waals surface area contributed by atoms with E-state index in [-0.39, 0.29) is 11.8 Å². The Morgan fingerprint density at radius 1 is 1.14 bits per heavy atom. The van der Waals surface area contributed by atoms with Crippen molar-refractivity contribution in [3.05, 3.63) is 65.7 Å². The van der Waals surface area contributed by atoms with Crippen LogP contribution in [0.25, 0.3) is 0 Å². The molecule has 2 aliphatic rings. The van der Waals surface area contributed by atoms with Gasteiger partial charge in [0.25, 0.3) is 0 Å². The number of fused-ring (bicyclic) bond motifs is 1. The number of methoxy groups -OCH3 is 1. The van der Waals surface area contributed by atoms with E-state index in [2.05, 4.69) is 9.69 Å². The first-order chi connectivity index (χ1) is 13.7. The topological polar surface area (TPSA) is 76.7 Å². The predicted octanol–water partition coefficient (Wildman–Crippen LogP) is 3.03. The first-order valence-corrected chi connectivity index (χ1v) is 9.60. The molecule has 0 unspecified atom stereocenters. The third-order valence-electron chi connectivity index (χ3n) is 5.80. The van der Waals surface area contributed by atoms with Crippen LogP contribution in [-0.2, 0) is 15.1 Å². The van der Waals surface area contributed by atoms with E-state index in [1.54, 1.807) is 31.4 Å². The number of piperidine rings is 1. The van der Waals surface area contributed by atoms with Crippen molar-refractivity contribution in [2.45, 2.75) is 30.9 Å². The van der Waals surface area contributed by atoms with E-state index in [1.165, 1.54) is 6.42 Å². The summed E-state index contributed by atoms with van der Waals surface area (Å²) in [5, 5.41) is 0. The molecule has 2 heterocycles. The van der Waals surface area contributed by atoms with Gasteiger partial charge in [-0.15, -0.1) is 0 Å². The molecule has 0 amide bonds. The maximum Gasteiger partial charge on any atom is 0.455 e. The number of hydrogen-bond acceptors (Lipinski definition) is 5. The highest BCUT2D eigenvalue weighted by atomic mass is 16.6.